The summed E-state index contributed by atoms with van der Waals surface area (Å²) in [7, 11) is 0. The van der Waals surface area contributed by atoms with Crippen LogP contribution in [0.2, 0.25) is 0 Å². The van der Waals surface area contributed by atoms with Crippen LogP contribution in [-0.2, 0) is 12.8 Å². The van der Waals surface area contributed by atoms with Crippen molar-refractivity contribution in [1.82, 2.24) is 5.32 Å². The molecular formula is C18H29NS. The molecule has 1 atom stereocenters. The van der Waals surface area contributed by atoms with Gasteiger partial charge in [0, 0.05) is 15.8 Å². The first kappa shape index (κ1) is 14.6. The molecule has 1 N–H and O–H groups in total. The van der Waals surface area contributed by atoms with Crippen LogP contribution in [0.4, 0.5) is 0 Å². The average molecular weight is 292 g/mol. The molecule has 0 spiro atoms. The van der Waals surface area contributed by atoms with E-state index in [2.05, 4.69) is 29.6 Å². The summed E-state index contributed by atoms with van der Waals surface area (Å²) in [5.41, 5.74) is 1.67. The molecule has 2 heteroatoms. The summed E-state index contributed by atoms with van der Waals surface area (Å²) in [6, 6.07) is 3.16. The average Bonchev–Trinajstić information content (AvgIpc) is 2.92. The summed E-state index contributed by atoms with van der Waals surface area (Å²) >= 11 is 2.11. The van der Waals surface area contributed by atoms with Crippen LogP contribution in [0.25, 0.3) is 0 Å². The Balaban J connectivity index is 1.70. The van der Waals surface area contributed by atoms with Gasteiger partial charge in [-0.15, -0.1) is 11.3 Å². The molecule has 20 heavy (non-hydrogen) atoms. The van der Waals surface area contributed by atoms with Crippen LogP contribution >= 0.6 is 11.3 Å². The number of hydrogen-bond donors (Lipinski definition) is 1. The van der Waals surface area contributed by atoms with Crippen molar-refractivity contribution in [1.29, 1.82) is 0 Å². The highest BCUT2D eigenvalue weighted by atomic mass is 32.1. The summed E-state index contributed by atoms with van der Waals surface area (Å²) < 4.78 is 0. The molecule has 1 unspecified atom stereocenters. The Labute approximate surface area is 128 Å². The highest BCUT2D eigenvalue weighted by molar-refractivity contribution is 7.12. The summed E-state index contributed by atoms with van der Waals surface area (Å²) in [6.07, 6.45) is 14.2. The number of nitrogens with one attached hydrogen (secondary N) is 1. The quantitative estimate of drug-likeness (QED) is 0.781. The van der Waals surface area contributed by atoms with E-state index >= 15 is 0 Å². The van der Waals surface area contributed by atoms with E-state index in [9.17, 15) is 0 Å². The molecule has 0 aliphatic heterocycles. The smallest absolute Gasteiger partial charge is 0.0417 e. The molecule has 3 rings (SSSR count). The van der Waals surface area contributed by atoms with Crippen LogP contribution in [0.3, 0.4) is 0 Å². The lowest BCUT2D eigenvalue weighted by molar-refractivity contribution is 0.303. The Hall–Kier alpha value is -0.340. The van der Waals surface area contributed by atoms with E-state index < -0.39 is 0 Å². The number of aryl methyl sites for hydroxylation is 2. The van der Waals surface area contributed by atoms with Gasteiger partial charge in [-0.25, -0.2) is 0 Å². The third kappa shape index (κ3) is 3.46. The molecule has 112 valence electrons. The van der Waals surface area contributed by atoms with E-state index in [-0.39, 0.29) is 0 Å². The lowest BCUT2D eigenvalue weighted by atomic mass is 9.84. The zero-order chi connectivity index (χ0) is 13.8. The van der Waals surface area contributed by atoms with Crippen molar-refractivity contribution in [2.45, 2.75) is 77.2 Å². The van der Waals surface area contributed by atoms with Gasteiger partial charge in [-0.3, -0.25) is 0 Å². The van der Waals surface area contributed by atoms with Crippen LogP contribution in [0, 0.1) is 5.92 Å². The van der Waals surface area contributed by atoms with E-state index in [1.807, 2.05) is 0 Å². The van der Waals surface area contributed by atoms with E-state index in [0.29, 0.717) is 6.04 Å². The van der Waals surface area contributed by atoms with Crippen molar-refractivity contribution in [2.75, 3.05) is 6.54 Å². The molecule has 0 bridgehead atoms. The van der Waals surface area contributed by atoms with Gasteiger partial charge in [-0.2, -0.15) is 0 Å². The topological polar surface area (TPSA) is 12.0 Å². The summed E-state index contributed by atoms with van der Waals surface area (Å²) in [5, 5.41) is 3.77. The fourth-order valence-corrected chi connectivity index (χ4v) is 5.33. The standard InChI is InChI=1S/C18H29NS/c1-2-19-16(12-14-8-4-3-5-9-14)18-13-15-10-6-7-11-17(15)20-18/h13-14,16,19H,2-12H2,1H3. The minimum absolute atomic E-state index is 0.624. The molecular weight excluding hydrogens is 262 g/mol. The van der Waals surface area contributed by atoms with Crippen molar-refractivity contribution < 1.29 is 0 Å². The molecule has 1 saturated carbocycles. The van der Waals surface area contributed by atoms with E-state index in [4.69, 9.17) is 0 Å². The third-order valence-corrected chi connectivity index (χ3v) is 6.45. The van der Waals surface area contributed by atoms with Crippen LogP contribution in [0.15, 0.2) is 6.07 Å². The second kappa shape index (κ2) is 7.09. The molecule has 1 aromatic rings. The second-order valence-electron chi connectivity index (χ2n) is 6.65. The van der Waals surface area contributed by atoms with Gasteiger partial charge in [0.1, 0.15) is 0 Å². The Morgan fingerprint density at radius 1 is 1.15 bits per heavy atom. The minimum atomic E-state index is 0.624. The molecule has 1 aromatic heterocycles. The molecule has 0 aromatic carbocycles. The van der Waals surface area contributed by atoms with Gasteiger partial charge in [0.15, 0.2) is 0 Å². The van der Waals surface area contributed by atoms with Crippen LogP contribution in [0.1, 0.15) is 79.6 Å². The molecule has 1 nitrogen and oxygen atoms in total. The van der Waals surface area contributed by atoms with Gasteiger partial charge in [0.05, 0.1) is 0 Å². The third-order valence-electron chi connectivity index (χ3n) is 5.10. The Kier molecular flexibility index (Phi) is 5.17. The lowest BCUT2D eigenvalue weighted by Gasteiger charge is -2.26. The molecule has 0 radical (unpaired) electrons. The first-order valence-electron chi connectivity index (χ1n) is 8.71. The highest BCUT2D eigenvalue weighted by Gasteiger charge is 2.23. The van der Waals surface area contributed by atoms with Crippen molar-refractivity contribution in [3.63, 3.8) is 0 Å². The van der Waals surface area contributed by atoms with E-state index in [1.165, 1.54) is 64.2 Å². The van der Waals surface area contributed by atoms with Gasteiger partial charge >= 0.3 is 0 Å². The fourth-order valence-electron chi connectivity index (χ4n) is 3.99. The van der Waals surface area contributed by atoms with E-state index in [1.54, 1.807) is 15.3 Å². The fraction of sp³-hybridized carbons (Fsp3) is 0.778. The summed E-state index contributed by atoms with van der Waals surface area (Å²) in [6.45, 7) is 3.35. The molecule has 0 saturated heterocycles. The predicted molar refractivity (Wildman–Crippen MR) is 88.6 cm³/mol. The largest absolute Gasteiger partial charge is 0.310 e. The maximum absolute atomic E-state index is 3.77. The van der Waals surface area contributed by atoms with Gasteiger partial charge in [-0.1, -0.05) is 39.0 Å². The van der Waals surface area contributed by atoms with Crippen molar-refractivity contribution in [2.24, 2.45) is 5.92 Å². The first-order valence-corrected chi connectivity index (χ1v) is 9.53. The van der Waals surface area contributed by atoms with Crippen molar-refractivity contribution >= 4 is 11.3 Å². The highest BCUT2D eigenvalue weighted by Crippen LogP contribution is 2.37. The number of rotatable bonds is 5. The normalized spacial score (nSPS) is 21.6. The molecule has 2 aliphatic rings. The number of thiophene rings is 1. The Morgan fingerprint density at radius 2 is 1.95 bits per heavy atom. The molecule has 2 aliphatic carbocycles. The van der Waals surface area contributed by atoms with Crippen LogP contribution in [-0.4, -0.2) is 6.54 Å². The van der Waals surface area contributed by atoms with Crippen LogP contribution in [0.5, 0.6) is 0 Å². The Morgan fingerprint density at radius 3 is 2.70 bits per heavy atom. The van der Waals surface area contributed by atoms with Gasteiger partial charge in [0.2, 0.25) is 0 Å². The van der Waals surface area contributed by atoms with Gasteiger partial charge in [-0.05, 0) is 56.2 Å². The Bertz CT molecular complexity index is 394. The molecule has 1 fully saturated rings. The van der Waals surface area contributed by atoms with Gasteiger partial charge in [0.25, 0.3) is 0 Å². The maximum Gasteiger partial charge on any atom is 0.0417 e. The predicted octanol–water partition coefficient (Wildman–Crippen LogP) is 5.25. The van der Waals surface area contributed by atoms with Gasteiger partial charge < -0.3 is 5.32 Å². The number of fused-ring (bicyclic) bond motifs is 1. The summed E-state index contributed by atoms with van der Waals surface area (Å²) in [4.78, 5) is 3.32. The maximum atomic E-state index is 3.77. The minimum Gasteiger partial charge on any atom is -0.310 e. The summed E-state index contributed by atoms with van der Waals surface area (Å²) in [5.74, 6) is 0.965. The monoisotopic (exact) mass is 291 g/mol. The second-order valence-corrected chi connectivity index (χ2v) is 7.82. The number of hydrogen-bond acceptors (Lipinski definition) is 2. The van der Waals surface area contributed by atoms with Crippen LogP contribution < -0.4 is 5.32 Å². The zero-order valence-corrected chi connectivity index (χ0v) is 13.7. The SMILES string of the molecule is CCNC(CC1CCCCC1)c1cc2c(s1)CCCC2. The molecule has 1 heterocycles. The first-order chi connectivity index (χ1) is 9.86. The lowest BCUT2D eigenvalue weighted by Crippen LogP contribution is -2.23. The van der Waals surface area contributed by atoms with Crippen molar-refractivity contribution in [3.8, 4) is 0 Å². The molecule has 0 amide bonds. The van der Waals surface area contributed by atoms with E-state index in [0.717, 1.165) is 12.5 Å². The van der Waals surface area contributed by atoms with Crippen molar-refractivity contribution in [3.05, 3.63) is 21.4 Å². The zero-order valence-electron chi connectivity index (χ0n) is 12.9.